The number of aliphatic carboxylic acids is 2. The van der Waals surface area contributed by atoms with Crippen LogP contribution in [0.3, 0.4) is 0 Å². The van der Waals surface area contributed by atoms with E-state index in [1.54, 1.807) is 0 Å². The fourth-order valence-corrected chi connectivity index (χ4v) is 4.54. The molecule has 38 heavy (non-hydrogen) atoms. The molecule has 4 N–H and O–H groups in total. The molecule has 0 aromatic carbocycles. The molecule has 0 saturated heterocycles. The van der Waals surface area contributed by atoms with Crippen LogP contribution in [-0.2, 0) is 19.2 Å². The summed E-state index contributed by atoms with van der Waals surface area (Å²) in [6.07, 6.45) is 23.0. The fourth-order valence-electron chi connectivity index (χ4n) is 4.54. The molecule has 0 aliphatic carbocycles. The molecule has 0 aromatic heterocycles. The fraction of sp³-hybridized carbons (Fsp3) is 0.867. The highest BCUT2D eigenvalue weighted by atomic mass is 16.4. The number of carbonyl (C=O) groups excluding carboxylic acids is 2. The Morgan fingerprint density at radius 3 is 1.32 bits per heavy atom. The van der Waals surface area contributed by atoms with Crippen molar-refractivity contribution < 1.29 is 29.4 Å². The molecule has 222 valence electrons. The average molecular weight is 541 g/mol. The van der Waals surface area contributed by atoms with E-state index < -0.39 is 18.0 Å². The highest BCUT2D eigenvalue weighted by molar-refractivity contribution is 5.84. The molecule has 0 rings (SSSR count). The number of carboxylic acids is 2. The molecular formula is C30H56N2O6. The number of carboxylic acid groups (broad SMARTS) is 2. The molecule has 0 saturated carbocycles. The minimum atomic E-state index is -1.10. The predicted molar refractivity (Wildman–Crippen MR) is 152 cm³/mol. The van der Waals surface area contributed by atoms with E-state index in [2.05, 4.69) is 10.6 Å². The van der Waals surface area contributed by atoms with Gasteiger partial charge in [0.2, 0.25) is 11.8 Å². The maximum atomic E-state index is 12.1. The second kappa shape index (κ2) is 26.5. The molecule has 0 unspecified atom stereocenters. The summed E-state index contributed by atoms with van der Waals surface area (Å²) >= 11 is 0. The van der Waals surface area contributed by atoms with Gasteiger partial charge in [0.15, 0.2) is 0 Å². The van der Waals surface area contributed by atoms with Crippen molar-refractivity contribution in [2.75, 3.05) is 6.54 Å². The average Bonchev–Trinajstić information content (AvgIpc) is 2.88. The van der Waals surface area contributed by atoms with E-state index in [0.29, 0.717) is 19.4 Å². The zero-order valence-corrected chi connectivity index (χ0v) is 24.1. The van der Waals surface area contributed by atoms with E-state index >= 15 is 0 Å². The molecule has 0 spiro atoms. The zero-order chi connectivity index (χ0) is 28.3. The summed E-state index contributed by atoms with van der Waals surface area (Å²) in [5, 5.41) is 23.2. The number of hydrogen-bond acceptors (Lipinski definition) is 4. The Labute approximate surface area is 231 Å². The van der Waals surface area contributed by atoms with Gasteiger partial charge in [0.05, 0.1) is 0 Å². The van der Waals surface area contributed by atoms with Crippen LogP contribution in [-0.4, -0.2) is 46.6 Å². The lowest BCUT2D eigenvalue weighted by molar-refractivity contribution is -0.142. The Kier molecular flexibility index (Phi) is 25.0. The SMILES string of the molecule is CCCNC(=O)CC[C@@H](NC(=O)CCCCCCCCCCCCCCCCCCCCC(=O)O)C(=O)O. The smallest absolute Gasteiger partial charge is 0.326 e. The summed E-state index contributed by atoms with van der Waals surface area (Å²) in [5.41, 5.74) is 0. The van der Waals surface area contributed by atoms with E-state index in [0.717, 1.165) is 44.9 Å². The Morgan fingerprint density at radius 2 is 0.947 bits per heavy atom. The first-order chi connectivity index (χ1) is 18.4. The van der Waals surface area contributed by atoms with Crippen molar-refractivity contribution in [3.8, 4) is 0 Å². The molecule has 0 aliphatic rings. The first-order valence-corrected chi connectivity index (χ1v) is 15.4. The Morgan fingerprint density at radius 1 is 0.553 bits per heavy atom. The van der Waals surface area contributed by atoms with Crippen LogP contribution in [0.4, 0.5) is 0 Å². The van der Waals surface area contributed by atoms with Crippen LogP contribution in [0.5, 0.6) is 0 Å². The molecule has 0 aliphatic heterocycles. The van der Waals surface area contributed by atoms with Crippen LogP contribution in [0.25, 0.3) is 0 Å². The lowest BCUT2D eigenvalue weighted by Gasteiger charge is -2.14. The van der Waals surface area contributed by atoms with E-state index in [-0.39, 0.29) is 24.7 Å². The maximum Gasteiger partial charge on any atom is 0.326 e. The highest BCUT2D eigenvalue weighted by Crippen LogP contribution is 2.15. The van der Waals surface area contributed by atoms with Crippen molar-refractivity contribution in [1.82, 2.24) is 10.6 Å². The van der Waals surface area contributed by atoms with Crippen molar-refractivity contribution in [3.05, 3.63) is 0 Å². The number of hydrogen-bond donors (Lipinski definition) is 4. The standard InChI is InChI=1S/C30H56N2O6/c1-2-25-31-27(33)24-23-26(30(37)38)32-28(34)21-19-17-15-13-11-9-7-5-3-4-6-8-10-12-14-16-18-20-22-29(35)36/h26H,2-25H2,1H3,(H,31,33)(H,32,34)(H,35,36)(H,37,38)/t26-/m1/s1. The molecule has 0 bridgehead atoms. The van der Waals surface area contributed by atoms with E-state index in [1.165, 1.54) is 77.0 Å². The van der Waals surface area contributed by atoms with Crippen molar-refractivity contribution in [3.63, 3.8) is 0 Å². The van der Waals surface area contributed by atoms with Crippen LogP contribution >= 0.6 is 0 Å². The van der Waals surface area contributed by atoms with Gasteiger partial charge in [-0.1, -0.05) is 110 Å². The summed E-state index contributed by atoms with van der Waals surface area (Å²) in [6.45, 7) is 2.53. The molecule has 0 fully saturated rings. The zero-order valence-electron chi connectivity index (χ0n) is 24.1. The van der Waals surface area contributed by atoms with E-state index in [4.69, 9.17) is 5.11 Å². The Balaban J connectivity index is 3.46. The molecule has 2 amide bonds. The summed E-state index contributed by atoms with van der Waals surface area (Å²) in [4.78, 5) is 45.6. The number of amides is 2. The Bertz CT molecular complexity index is 626. The monoisotopic (exact) mass is 540 g/mol. The van der Waals surface area contributed by atoms with Gasteiger partial charge in [0, 0.05) is 25.8 Å². The maximum absolute atomic E-state index is 12.1. The minimum absolute atomic E-state index is 0.0944. The third kappa shape index (κ3) is 25.5. The largest absolute Gasteiger partial charge is 0.481 e. The summed E-state index contributed by atoms with van der Waals surface area (Å²) in [6, 6.07) is -1.01. The lowest BCUT2D eigenvalue weighted by Crippen LogP contribution is -2.41. The second-order valence-electron chi connectivity index (χ2n) is 10.6. The van der Waals surface area contributed by atoms with Crippen molar-refractivity contribution in [2.24, 2.45) is 0 Å². The van der Waals surface area contributed by atoms with E-state index in [9.17, 15) is 24.3 Å². The molecule has 0 aromatic rings. The minimum Gasteiger partial charge on any atom is -0.481 e. The summed E-state index contributed by atoms with van der Waals surface area (Å²) in [5.74, 6) is -2.21. The summed E-state index contributed by atoms with van der Waals surface area (Å²) in [7, 11) is 0. The van der Waals surface area contributed by atoms with Crippen LogP contribution in [0.15, 0.2) is 0 Å². The van der Waals surface area contributed by atoms with Crippen molar-refractivity contribution in [2.45, 2.75) is 161 Å². The molecular weight excluding hydrogens is 484 g/mol. The summed E-state index contributed by atoms with van der Waals surface area (Å²) < 4.78 is 0. The molecule has 8 heteroatoms. The first kappa shape index (κ1) is 35.9. The number of nitrogens with one attached hydrogen (secondary N) is 2. The van der Waals surface area contributed by atoms with E-state index in [1.807, 2.05) is 6.92 Å². The van der Waals surface area contributed by atoms with Gasteiger partial charge in [-0.15, -0.1) is 0 Å². The molecule has 0 radical (unpaired) electrons. The van der Waals surface area contributed by atoms with Gasteiger partial charge in [-0.25, -0.2) is 4.79 Å². The molecule has 0 heterocycles. The van der Waals surface area contributed by atoms with Gasteiger partial charge in [0.25, 0.3) is 0 Å². The second-order valence-corrected chi connectivity index (χ2v) is 10.6. The highest BCUT2D eigenvalue weighted by Gasteiger charge is 2.20. The lowest BCUT2D eigenvalue weighted by atomic mass is 10.0. The first-order valence-electron chi connectivity index (χ1n) is 15.4. The van der Waals surface area contributed by atoms with Gasteiger partial charge in [-0.2, -0.15) is 0 Å². The van der Waals surface area contributed by atoms with Gasteiger partial charge in [-0.05, 0) is 25.7 Å². The van der Waals surface area contributed by atoms with Gasteiger partial charge in [0.1, 0.15) is 6.04 Å². The molecule has 8 nitrogen and oxygen atoms in total. The quantitative estimate of drug-likeness (QED) is 0.0811. The number of unbranched alkanes of at least 4 members (excludes halogenated alkanes) is 17. The Hall–Kier alpha value is -2.12. The van der Waals surface area contributed by atoms with Gasteiger partial charge >= 0.3 is 11.9 Å². The topological polar surface area (TPSA) is 133 Å². The molecule has 1 atom stereocenters. The number of carbonyl (C=O) groups is 4. The predicted octanol–water partition coefficient (Wildman–Crippen LogP) is 6.75. The third-order valence-corrected chi connectivity index (χ3v) is 6.91. The van der Waals surface area contributed by atoms with Crippen LogP contribution in [0, 0.1) is 0 Å². The van der Waals surface area contributed by atoms with Crippen LogP contribution < -0.4 is 10.6 Å². The van der Waals surface area contributed by atoms with Crippen molar-refractivity contribution >= 4 is 23.8 Å². The van der Waals surface area contributed by atoms with Crippen molar-refractivity contribution in [1.29, 1.82) is 0 Å². The van der Waals surface area contributed by atoms with Crippen LogP contribution in [0.1, 0.15) is 155 Å². The van der Waals surface area contributed by atoms with Crippen LogP contribution in [0.2, 0.25) is 0 Å². The number of rotatable bonds is 28. The third-order valence-electron chi connectivity index (χ3n) is 6.91. The van der Waals surface area contributed by atoms with Gasteiger partial charge in [-0.3, -0.25) is 14.4 Å². The van der Waals surface area contributed by atoms with Gasteiger partial charge < -0.3 is 20.8 Å². The normalized spacial score (nSPS) is 11.7.